The van der Waals surface area contributed by atoms with E-state index in [9.17, 15) is 18.0 Å². The first kappa shape index (κ1) is 13.1. The van der Waals surface area contributed by atoms with Crippen LogP contribution in [0.25, 0.3) is 0 Å². The highest BCUT2D eigenvalue weighted by Gasteiger charge is 2.35. The Morgan fingerprint density at radius 2 is 1.63 bits per heavy atom. The molecule has 1 aromatic carbocycles. The van der Waals surface area contributed by atoms with Crippen molar-refractivity contribution in [2.75, 3.05) is 5.43 Å². The van der Waals surface area contributed by atoms with Crippen LogP contribution in [0.15, 0.2) is 54.9 Å². The first-order valence-corrected chi connectivity index (χ1v) is 5.42. The summed E-state index contributed by atoms with van der Waals surface area (Å²) >= 11 is 0. The fraction of sp³-hybridized carbons (Fsp3) is 0.0769. The third kappa shape index (κ3) is 3.09. The molecular weight excluding hydrogens is 257 g/mol. The number of nitrogens with zero attached hydrogens (tertiary/aromatic N) is 1. The van der Waals surface area contributed by atoms with E-state index < -0.39 is 23.2 Å². The molecule has 3 nitrogen and oxygen atoms in total. The molecule has 0 radical (unpaired) electrons. The van der Waals surface area contributed by atoms with E-state index in [1.165, 1.54) is 29.2 Å². The van der Waals surface area contributed by atoms with Crippen LogP contribution in [0, 0.1) is 0 Å². The first-order chi connectivity index (χ1) is 8.98. The third-order valence-corrected chi connectivity index (χ3v) is 2.42. The fourth-order valence-corrected chi connectivity index (χ4v) is 1.58. The number of pyridine rings is 1. The van der Waals surface area contributed by atoms with Crippen LogP contribution < -0.4 is 10.1 Å². The van der Waals surface area contributed by atoms with Gasteiger partial charge in [0.15, 0.2) is 12.4 Å². The van der Waals surface area contributed by atoms with E-state index in [0.29, 0.717) is 0 Å². The quantitative estimate of drug-likeness (QED) is 0.833. The van der Waals surface area contributed by atoms with Gasteiger partial charge in [-0.1, -0.05) is 22.9 Å². The molecule has 6 heteroatoms. The first-order valence-electron chi connectivity index (χ1n) is 5.42. The standard InChI is InChI=1S/C13H9F3N2O/c14-13(15,16)11-7-3-2-6-10(11)12(19)17-18-8-4-1-5-9-18/h1-9H/p+1. The maximum atomic E-state index is 12.8. The van der Waals surface area contributed by atoms with Crippen molar-refractivity contribution in [3.05, 3.63) is 66.0 Å². The van der Waals surface area contributed by atoms with Crippen LogP contribution >= 0.6 is 0 Å². The Morgan fingerprint density at radius 1 is 1.00 bits per heavy atom. The zero-order chi connectivity index (χ0) is 13.9. The van der Waals surface area contributed by atoms with Crippen molar-refractivity contribution in [1.29, 1.82) is 0 Å². The number of alkyl halides is 3. The molecule has 0 aliphatic carbocycles. The smallest absolute Gasteiger partial charge is 0.264 e. The Balaban J connectivity index is 2.30. The van der Waals surface area contributed by atoms with Crippen LogP contribution in [-0.4, -0.2) is 5.91 Å². The summed E-state index contributed by atoms with van der Waals surface area (Å²) in [5, 5.41) is 0. The van der Waals surface area contributed by atoms with Crippen LogP contribution in [0.2, 0.25) is 0 Å². The van der Waals surface area contributed by atoms with E-state index in [1.807, 2.05) is 0 Å². The van der Waals surface area contributed by atoms with Crippen LogP contribution in [-0.2, 0) is 6.18 Å². The van der Waals surface area contributed by atoms with E-state index in [2.05, 4.69) is 5.43 Å². The van der Waals surface area contributed by atoms with E-state index >= 15 is 0 Å². The summed E-state index contributed by atoms with van der Waals surface area (Å²) in [6.07, 6.45) is -1.52. The predicted molar refractivity (Wildman–Crippen MR) is 61.8 cm³/mol. The lowest BCUT2D eigenvalue weighted by Gasteiger charge is -2.10. The molecule has 0 atom stereocenters. The average Bonchev–Trinajstić information content (AvgIpc) is 2.39. The molecule has 2 rings (SSSR count). The molecule has 2 aromatic rings. The lowest BCUT2D eigenvalue weighted by molar-refractivity contribution is -0.641. The molecule has 1 amide bonds. The maximum absolute atomic E-state index is 12.8. The Morgan fingerprint density at radius 3 is 2.26 bits per heavy atom. The predicted octanol–water partition coefficient (Wildman–Crippen LogP) is 2.38. The lowest BCUT2D eigenvalue weighted by atomic mass is 10.1. The Bertz CT molecular complexity index is 582. The molecular formula is C13H10F3N2O+. The molecule has 0 fully saturated rings. The summed E-state index contributed by atoms with van der Waals surface area (Å²) in [6, 6.07) is 9.68. The Labute approximate surface area is 107 Å². The largest absolute Gasteiger partial charge is 0.417 e. The number of carbonyl (C=O) groups is 1. The van der Waals surface area contributed by atoms with Gasteiger partial charge in [-0.15, -0.1) is 5.43 Å². The summed E-state index contributed by atoms with van der Waals surface area (Å²) < 4.78 is 39.6. The van der Waals surface area contributed by atoms with Crippen LogP contribution in [0.4, 0.5) is 13.2 Å². The summed E-state index contributed by atoms with van der Waals surface area (Å²) in [5.41, 5.74) is 0.983. The van der Waals surface area contributed by atoms with Crippen molar-refractivity contribution in [2.45, 2.75) is 6.18 Å². The number of hydrogen-bond donors (Lipinski definition) is 1. The maximum Gasteiger partial charge on any atom is 0.417 e. The zero-order valence-corrected chi connectivity index (χ0v) is 9.69. The van der Waals surface area contributed by atoms with Crippen molar-refractivity contribution in [3.8, 4) is 0 Å². The molecule has 0 unspecified atom stereocenters. The van der Waals surface area contributed by atoms with Gasteiger partial charge in [-0.05, 0) is 12.1 Å². The number of benzene rings is 1. The molecule has 0 spiro atoms. The Hall–Kier alpha value is -2.37. The number of halogens is 3. The van der Waals surface area contributed by atoms with E-state index in [4.69, 9.17) is 0 Å². The van der Waals surface area contributed by atoms with Crippen molar-refractivity contribution < 1.29 is 22.6 Å². The van der Waals surface area contributed by atoms with Gasteiger partial charge in [0.1, 0.15) is 0 Å². The van der Waals surface area contributed by atoms with Gasteiger partial charge < -0.3 is 0 Å². The van der Waals surface area contributed by atoms with E-state index in [-0.39, 0.29) is 0 Å². The molecule has 1 N–H and O–H groups in total. The summed E-state index contributed by atoms with van der Waals surface area (Å²) in [4.78, 5) is 11.8. The number of amides is 1. The summed E-state index contributed by atoms with van der Waals surface area (Å²) in [6.45, 7) is 0. The summed E-state index contributed by atoms with van der Waals surface area (Å²) in [7, 11) is 0. The minimum absolute atomic E-state index is 0.411. The second-order valence-corrected chi connectivity index (χ2v) is 3.77. The second-order valence-electron chi connectivity index (χ2n) is 3.77. The number of aromatic nitrogens is 1. The SMILES string of the molecule is O=C(N[n+]1ccccc1)c1ccccc1C(F)(F)F. The molecule has 19 heavy (non-hydrogen) atoms. The van der Waals surface area contributed by atoms with Gasteiger partial charge in [0.05, 0.1) is 11.1 Å². The summed E-state index contributed by atoms with van der Waals surface area (Å²) in [5.74, 6) is -0.816. The second kappa shape index (κ2) is 5.09. The highest BCUT2D eigenvalue weighted by atomic mass is 19.4. The van der Waals surface area contributed by atoms with E-state index in [1.54, 1.807) is 18.2 Å². The fourth-order valence-electron chi connectivity index (χ4n) is 1.58. The molecule has 0 bridgehead atoms. The molecule has 0 saturated heterocycles. The third-order valence-electron chi connectivity index (χ3n) is 2.42. The van der Waals surface area contributed by atoms with Crippen molar-refractivity contribution in [3.63, 3.8) is 0 Å². The van der Waals surface area contributed by atoms with Crippen molar-refractivity contribution in [2.24, 2.45) is 0 Å². The highest BCUT2D eigenvalue weighted by Crippen LogP contribution is 2.31. The van der Waals surface area contributed by atoms with Gasteiger partial charge in [-0.25, -0.2) is 0 Å². The minimum atomic E-state index is -4.56. The number of hydrogen-bond acceptors (Lipinski definition) is 1. The van der Waals surface area contributed by atoms with E-state index in [0.717, 1.165) is 12.1 Å². The van der Waals surface area contributed by atoms with Crippen molar-refractivity contribution >= 4 is 5.91 Å². The average molecular weight is 267 g/mol. The highest BCUT2D eigenvalue weighted by molar-refractivity contribution is 6.00. The van der Waals surface area contributed by atoms with Crippen LogP contribution in [0.1, 0.15) is 15.9 Å². The number of rotatable bonds is 2. The topological polar surface area (TPSA) is 33.0 Å². The van der Waals surface area contributed by atoms with Gasteiger partial charge in [0, 0.05) is 12.1 Å². The zero-order valence-electron chi connectivity index (χ0n) is 9.69. The van der Waals surface area contributed by atoms with Crippen molar-refractivity contribution in [1.82, 2.24) is 0 Å². The molecule has 0 aliphatic rings. The van der Waals surface area contributed by atoms with Crippen LogP contribution in [0.5, 0.6) is 0 Å². The van der Waals surface area contributed by atoms with Gasteiger partial charge in [0.25, 0.3) is 0 Å². The normalized spacial score (nSPS) is 11.1. The minimum Gasteiger partial charge on any atom is -0.264 e. The molecule has 98 valence electrons. The van der Waals surface area contributed by atoms with Gasteiger partial charge in [0.2, 0.25) is 0 Å². The number of carbonyl (C=O) groups excluding carboxylic acids is 1. The molecule has 0 saturated carbocycles. The van der Waals surface area contributed by atoms with Gasteiger partial charge >= 0.3 is 12.1 Å². The molecule has 1 heterocycles. The lowest BCUT2D eigenvalue weighted by Crippen LogP contribution is -2.47. The van der Waals surface area contributed by atoms with Crippen LogP contribution in [0.3, 0.4) is 0 Å². The monoisotopic (exact) mass is 267 g/mol. The van der Waals surface area contributed by atoms with Gasteiger partial charge in [-0.2, -0.15) is 13.2 Å². The van der Waals surface area contributed by atoms with Gasteiger partial charge in [-0.3, -0.25) is 4.79 Å². The number of nitrogens with one attached hydrogen (secondary N) is 1. The Kier molecular flexibility index (Phi) is 3.50. The molecule has 1 aromatic heterocycles. The molecule has 0 aliphatic heterocycles.